The molecule has 1 atom stereocenters. The Kier molecular flexibility index (Phi) is 4.77. The average molecular weight is 275 g/mol. The fourth-order valence-corrected chi connectivity index (χ4v) is 2.42. The molecular weight excluding hydrogens is 254 g/mol. The maximum Gasteiger partial charge on any atom is 0.416 e. The second-order valence-corrected chi connectivity index (χ2v) is 5.21. The highest BCUT2D eigenvalue weighted by Crippen LogP contribution is 2.26. The predicted molar refractivity (Wildman–Crippen MR) is 76.5 cm³/mol. The summed E-state index contributed by atoms with van der Waals surface area (Å²) in [5, 5.41) is 0. The van der Waals surface area contributed by atoms with E-state index in [4.69, 9.17) is 4.74 Å². The molecule has 1 aromatic rings. The Morgan fingerprint density at radius 1 is 1.35 bits per heavy atom. The van der Waals surface area contributed by atoms with Crippen molar-refractivity contribution in [2.45, 2.75) is 39.0 Å². The van der Waals surface area contributed by atoms with Crippen LogP contribution in [0.25, 0.3) is 0 Å². The Bertz CT molecular complexity index is 481. The first-order valence-corrected chi connectivity index (χ1v) is 7.18. The number of imide groups is 1. The van der Waals surface area contributed by atoms with Crippen molar-refractivity contribution in [2.75, 3.05) is 13.2 Å². The van der Waals surface area contributed by atoms with E-state index in [1.54, 1.807) is 0 Å². The lowest BCUT2D eigenvalue weighted by atomic mass is 9.91. The number of rotatable bonds is 5. The summed E-state index contributed by atoms with van der Waals surface area (Å²) in [6.45, 7) is 4.79. The molecule has 0 saturated carbocycles. The fraction of sp³-hybridized carbons (Fsp3) is 0.500. The van der Waals surface area contributed by atoms with E-state index in [0.29, 0.717) is 13.2 Å². The third-order valence-corrected chi connectivity index (χ3v) is 3.65. The molecule has 1 saturated heterocycles. The predicted octanol–water partition coefficient (Wildman–Crippen LogP) is 3.25. The second-order valence-electron chi connectivity index (χ2n) is 5.21. The molecule has 108 valence electrons. The van der Waals surface area contributed by atoms with Gasteiger partial charge in [0.15, 0.2) is 0 Å². The summed E-state index contributed by atoms with van der Waals surface area (Å²) >= 11 is 0. The molecule has 0 bridgehead atoms. The van der Waals surface area contributed by atoms with Crippen LogP contribution in [0.15, 0.2) is 24.3 Å². The SMILES string of the molecule is CCCCC(C(=O)N1CCOC1=O)c1ccc(C)cc1. The highest BCUT2D eigenvalue weighted by Gasteiger charge is 2.33. The van der Waals surface area contributed by atoms with Crippen molar-refractivity contribution in [1.82, 2.24) is 4.90 Å². The van der Waals surface area contributed by atoms with Crippen LogP contribution in [0.5, 0.6) is 0 Å². The lowest BCUT2D eigenvalue weighted by Crippen LogP contribution is -2.35. The molecule has 0 N–H and O–H groups in total. The number of carbonyl (C=O) groups excluding carboxylic acids is 2. The summed E-state index contributed by atoms with van der Waals surface area (Å²) in [5.41, 5.74) is 2.14. The van der Waals surface area contributed by atoms with Gasteiger partial charge in [-0.25, -0.2) is 9.69 Å². The van der Waals surface area contributed by atoms with Gasteiger partial charge < -0.3 is 4.74 Å². The molecule has 1 aliphatic rings. The molecule has 1 aliphatic heterocycles. The maximum absolute atomic E-state index is 12.6. The van der Waals surface area contributed by atoms with E-state index in [-0.39, 0.29) is 11.8 Å². The summed E-state index contributed by atoms with van der Waals surface area (Å²) in [6, 6.07) is 7.97. The molecule has 0 aromatic heterocycles. The lowest BCUT2D eigenvalue weighted by molar-refractivity contribution is -0.129. The van der Waals surface area contributed by atoms with Crippen LogP contribution in [0.1, 0.15) is 43.2 Å². The molecule has 4 nitrogen and oxygen atoms in total. The lowest BCUT2D eigenvalue weighted by Gasteiger charge is -2.20. The molecule has 1 heterocycles. The van der Waals surface area contributed by atoms with Gasteiger partial charge in [0.05, 0.1) is 12.5 Å². The van der Waals surface area contributed by atoms with Crippen molar-refractivity contribution in [2.24, 2.45) is 0 Å². The van der Waals surface area contributed by atoms with Crippen LogP contribution in [-0.4, -0.2) is 30.1 Å². The van der Waals surface area contributed by atoms with Gasteiger partial charge >= 0.3 is 6.09 Å². The van der Waals surface area contributed by atoms with Crippen LogP contribution in [0.4, 0.5) is 4.79 Å². The Morgan fingerprint density at radius 2 is 2.05 bits per heavy atom. The van der Waals surface area contributed by atoms with Crippen LogP contribution in [0, 0.1) is 6.92 Å². The zero-order valence-corrected chi connectivity index (χ0v) is 12.1. The molecule has 0 spiro atoms. The minimum Gasteiger partial charge on any atom is -0.447 e. The number of hydrogen-bond donors (Lipinski definition) is 0. The van der Waals surface area contributed by atoms with E-state index in [9.17, 15) is 9.59 Å². The molecule has 2 rings (SSSR count). The van der Waals surface area contributed by atoms with E-state index in [0.717, 1.165) is 30.4 Å². The van der Waals surface area contributed by atoms with Crippen LogP contribution < -0.4 is 0 Å². The molecule has 1 unspecified atom stereocenters. The standard InChI is InChI=1S/C16H21NO3/c1-3-4-5-14(13-8-6-12(2)7-9-13)15(18)17-10-11-20-16(17)19/h6-9,14H,3-5,10-11H2,1-2H3. The monoisotopic (exact) mass is 275 g/mol. The normalized spacial score (nSPS) is 16.1. The van der Waals surface area contributed by atoms with E-state index in [2.05, 4.69) is 6.92 Å². The van der Waals surface area contributed by atoms with Gasteiger partial charge in [-0.05, 0) is 18.9 Å². The molecular formula is C16H21NO3. The van der Waals surface area contributed by atoms with E-state index >= 15 is 0 Å². The molecule has 0 radical (unpaired) electrons. The average Bonchev–Trinajstić information content (AvgIpc) is 2.87. The first-order valence-electron chi connectivity index (χ1n) is 7.18. The van der Waals surface area contributed by atoms with Crippen molar-refractivity contribution in [3.63, 3.8) is 0 Å². The topological polar surface area (TPSA) is 46.6 Å². The van der Waals surface area contributed by atoms with Crippen LogP contribution >= 0.6 is 0 Å². The maximum atomic E-state index is 12.6. The number of hydrogen-bond acceptors (Lipinski definition) is 3. The quantitative estimate of drug-likeness (QED) is 0.828. The summed E-state index contributed by atoms with van der Waals surface area (Å²) in [7, 11) is 0. The van der Waals surface area contributed by atoms with Gasteiger partial charge in [0.25, 0.3) is 0 Å². The molecule has 20 heavy (non-hydrogen) atoms. The van der Waals surface area contributed by atoms with Gasteiger partial charge in [-0.15, -0.1) is 0 Å². The van der Waals surface area contributed by atoms with Gasteiger partial charge in [0.2, 0.25) is 5.91 Å². The highest BCUT2D eigenvalue weighted by atomic mass is 16.6. The summed E-state index contributed by atoms with van der Waals surface area (Å²) in [5.74, 6) is -0.383. The number of unbranched alkanes of at least 4 members (excludes halogenated alkanes) is 1. The number of amides is 2. The zero-order chi connectivity index (χ0) is 14.5. The van der Waals surface area contributed by atoms with Crippen molar-refractivity contribution >= 4 is 12.0 Å². The van der Waals surface area contributed by atoms with Crippen LogP contribution in [-0.2, 0) is 9.53 Å². The number of ether oxygens (including phenoxy) is 1. The summed E-state index contributed by atoms with van der Waals surface area (Å²) in [4.78, 5) is 25.4. The van der Waals surface area contributed by atoms with Gasteiger partial charge in [0, 0.05) is 0 Å². The minimum atomic E-state index is -0.511. The fourth-order valence-electron chi connectivity index (χ4n) is 2.42. The largest absolute Gasteiger partial charge is 0.447 e. The van der Waals surface area contributed by atoms with Crippen molar-refractivity contribution in [3.05, 3.63) is 35.4 Å². The number of carbonyl (C=O) groups is 2. The zero-order valence-electron chi connectivity index (χ0n) is 12.1. The van der Waals surface area contributed by atoms with Gasteiger partial charge in [-0.2, -0.15) is 0 Å². The number of benzene rings is 1. The Morgan fingerprint density at radius 3 is 2.60 bits per heavy atom. The van der Waals surface area contributed by atoms with Crippen LogP contribution in [0.3, 0.4) is 0 Å². The Labute approximate surface area is 119 Å². The molecule has 2 amide bonds. The van der Waals surface area contributed by atoms with Crippen molar-refractivity contribution in [1.29, 1.82) is 0 Å². The number of aryl methyl sites for hydroxylation is 1. The van der Waals surface area contributed by atoms with Gasteiger partial charge in [0.1, 0.15) is 6.61 Å². The molecule has 1 aromatic carbocycles. The van der Waals surface area contributed by atoms with Gasteiger partial charge in [-0.3, -0.25) is 4.79 Å². The Balaban J connectivity index is 2.20. The molecule has 0 aliphatic carbocycles. The summed E-state index contributed by atoms with van der Waals surface area (Å²) in [6.07, 6.45) is 2.25. The first-order chi connectivity index (χ1) is 9.63. The van der Waals surface area contributed by atoms with E-state index in [1.807, 2.05) is 31.2 Å². The van der Waals surface area contributed by atoms with E-state index < -0.39 is 6.09 Å². The summed E-state index contributed by atoms with van der Waals surface area (Å²) < 4.78 is 4.86. The minimum absolute atomic E-state index is 0.134. The first kappa shape index (κ1) is 14.6. The van der Waals surface area contributed by atoms with Crippen LogP contribution in [0.2, 0.25) is 0 Å². The van der Waals surface area contributed by atoms with E-state index in [1.165, 1.54) is 4.90 Å². The Hall–Kier alpha value is -1.84. The number of cyclic esters (lactones) is 1. The van der Waals surface area contributed by atoms with Crippen molar-refractivity contribution in [3.8, 4) is 0 Å². The smallest absolute Gasteiger partial charge is 0.416 e. The number of nitrogens with zero attached hydrogens (tertiary/aromatic N) is 1. The van der Waals surface area contributed by atoms with Crippen molar-refractivity contribution < 1.29 is 14.3 Å². The third kappa shape index (κ3) is 3.18. The second kappa shape index (κ2) is 6.55. The highest BCUT2D eigenvalue weighted by molar-refractivity contribution is 5.96. The molecule has 4 heteroatoms. The van der Waals surface area contributed by atoms with Gasteiger partial charge in [-0.1, -0.05) is 49.6 Å². The molecule has 1 fully saturated rings. The third-order valence-electron chi connectivity index (χ3n) is 3.65.